The van der Waals surface area contributed by atoms with E-state index in [9.17, 15) is 0 Å². The molecule has 7 heteroatoms. The van der Waals surface area contributed by atoms with Crippen LogP contribution in [0.3, 0.4) is 0 Å². The Balaban J connectivity index is 1.56. The molecule has 0 bridgehead atoms. The van der Waals surface area contributed by atoms with E-state index in [-0.39, 0.29) is 6.10 Å². The highest BCUT2D eigenvalue weighted by molar-refractivity contribution is 5.79. The number of aliphatic imine (C=N–C) groups is 1. The average Bonchev–Trinajstić information content (AvgIpc) is 3.31. The Labute approximate surface area is 179 Å². The molecule has 30 heavy (non-hydrogen) atoms. The Bertz CT molecular complexity index is 821. The van der Waals surface area contributed by atoms with Gasteiger partial charge in [0.05, 0.1) is 20.2 Å². The van der Waals surface area contributed by atoms with E-state index < -0.39 is 0 Å². The van der Waals surface area contributed by atoms with Crippen LogP contribution in [0.15, 0.2) is 47.6 Å². The monoisotopic (exact) mass is 411 g/mol. The number of guanidine groups is 1. The molecule has 0 spiro atoms. The van der Waals surface area contributed by atoms with Gasteiger partial charge in [-0.1, -0.05) is 12.1 Å². The van der Waals surface area contributed by atoms with Gasteiger partial charge in [-0.3, -0.25) is 0 Å². The highest BCUT2D eigenvalue weighted by Crippen LogP contribution is 2.26. The van der Waals surface area contributed by atoms with Gasteiger partial charge in [0.15, 0.2) is 17.5 Å². The minimum Gasteiger partial charge on any atom is -0.493 e. The van der Waals surface area contributed by atoms with Gasteiger partial charge in [0, 0.05) is 25.8 Å². The van der Waals surface area contributed by atoms with Gasteiger partial charge >= 0.3 is 0 Å². The third kappa shape index (κ3) is 6.27. The third-order valence-corrected chi connectivity index (χ3v) is 4.96. The first-order valence-electron chi connectivity index (χ1n) is 10.7. The summed E-state index contributed by atoms with van der Waals surface area (Å²) >= 11 is 0. The highest BCUT2D eigenvalue weighted by Gasteiger charge is 2.13. The van der Waals surface area contributed by atoms with Gasteiger partial charge in [0.2, 0.25) is 0 Å². The Kier molecular flexibility index (Phi) is 8.18. The first kappa shape index (κ1) is 21.7. The lowest BCUT2D eigenvalue weighted by Gasteiger charge is -2.19. The first-order chi connectivity index (χ1) is 14.7. The van der Waals surface area contributed by atoms with Crippen molar-refractivity contribution in [2.24, 2.45) is 4.99 Å². The topological polar surface area (TPSA) is 71.0 Å². The number of para-hydroxylation sites is 2. The molecular formula is C23H33N5O2. The molecule has 3 rings (SSSR count). The summed E-state index contributed by atoms with van der Waals surface area (Å²) in [6.07, 6.45) is 4.32. The Hall–Kier alpha value is -2.96. The van der Waals surface area contributed by atoms with E-state index >= 15 is 0 Å². The van der Waals surface area contributed by atoms with E-state index in [1.807, 2.05) is 43.5 Å². The van der Waals surface area contributed by atoms with Crippen LogP contribution in [0.5, 0.6) is 11.5 Å². The van der Waals surface area contributed by atoms with Gasteiger partial charge in [0.1, 0.15) is 11.9 Å². The van der Waals surface area contributed by atoms with Crippen LogP contribution in [-0.2, 0) is 6.54 Å². The van der Waals surface area contributed by atoms with E-state index in [1.54, 1.807) is 7.11 Å². The number of hydrogen-bond acceptors (Lipinski definition) is 5. The molecule has 1 aliphatic rings. The van der Waals surface area contributed by atoms with Crippen LogP contribution in [-0.4, -0.2) is 50.3 Å². The largest absolute Gasteiger partial charge is 0.493 e. The van der Waals surface area contributed by atoms with E-state index in [1.165, 1.54) is 12.8 Å². The summed E-state index contributed by atoms with van der Waals surface area (Å²) < 4.78 is 11.4. The summed E-state index contributed by atoms with van der Waals surface area (Å²) in [6, 6.07) is 11.8. The number of nitrogens with one attached hydrogen (secondary N) is 2. The smallest absolute Gasteiger partial charge is 0.191 e. The maximum Gasteiger partial charge on any atom is 0.191 e. The van der Waals surface area contributed by atoms with E-state index in [0.717, 1.165) is 48.5 Å². The lowest BCUT2D eigenvalue weighted by Crippen LogP contribution is -2.41. The highest BCUT2D eigenvalue weighted by atomic mass is 16.5. The second kappa shape index (κ2) is 11.3. The summed E-state index contributed by atoms with van der Waals surface area (Å²) in [5.41, 5.74) is 1.16. The molecule has 2 heterocycles. The molecule has 1 aromatic heterocycles. The molecule has 2 N–H and O–H groups in total. The number of rotatable bonds is 9. The van der Waals surface area contributed by atoms with Crippen molar-refractivity contribution in [2.45, 2.75) is 39.3 Å². The number of aromatic nitrogens is 1. The predicted molar refractivity (Wildman–Crippen MR) is 122 cm³/mol. The van der Waals surface area contributed by atoms with E-state index in [4.69, 9.17) is 14.5 Å². The predicted octanol–water partition coefficient (Wildman–Crippen LogP) is 3.21. The minimum absolute atomic E-state index is 0.0483. The first-order valence-corrected chi connectivity index (χ1v) is 10.7. The average molecular weight is 412 g/mol. The normalized spacial score (nSPS) is 15.0. The number of benzene rings is 1. The molecule has 1 fully saturated rings. The molecule has 1 aromatic carbocycles. The molecular weight excluding hydrogens is 378 g/mol. The van der Waals surface area contributed by atoms with Crippen LogP contribution in [0.25, 0.3) is 0 Å². The SMILES string of the molecule is CCNC(=NCc1ccnc(N2CCCC2)c1)NCC(C)Oc1ccccc1OC. The van der Waals surface area contributed by atoms with Crippen LogP contribution in [0.2, 0.25) is 0 Å². The van der Waals surface area contributed by atoms with Crippen LogP contribution in [0.4, 0.5) is 5.82 Å². The van der Waals surface area contributed by atoms with Crippen LogP contribution in [0, 0.1) is 0 Å². The molecule has 0 aliphatic carbocycles. The van der Waals surface area contributed by atoms with Crippen LogP contribution < -0.4 is 25.0 Å². The Morgan fingerprint density at radius 2 is 1.93 bits per heavy atom. The molecule has 1 unspecified atom stereocenters. The lowest BCUT2D eigenvalue weighted by molar-refractivity contribution is 0.213. The molecule has 7 nitrogen and oxygen atoms in total. The third-order valence-electron chi connectivity index (χ3n) is 4.96. The summed E-state index contributed by atoms with van der Waals surface area (Å²) in [5, 5.41) is 6.66. The van der Waals surface area contributed by atoms with Gasteiger partial charge in [-0.05, 0) is 56.5 Å². The number of nitrogens with zero attached hydrogens (tertiary/aromatic N) is 3. The van der Waals surface area contributed by atoms with E-state index in [2.05, 4.69) is 33.5 Å². The Morgan fingerprint density at radius 3 is 2.67 bits per heavy atom. The zero-order chi connectivity index (χ0) is 21.2. The van der Waals surface area contributed by atoms with Crippen molar-refractivity contribution in [1.29, 1.82) is 0 Å². The van der Waals surface area contributed by atoms with Crippen molar-refractivity contribution in [2.75, 3.05) is 38.2 Å². The zero-order valence-electron chi connectivity index (χ0n) is 18.2. The number of ether oxygens (including phenoxy) is 2. The van der Waals surface area contributed by atoms with Crippen molar-refractivity contribution in [1.82, 2.24) is 15.6 Å². The van der Waals surface area contributed by atoms with Crippen molar-refractivity contribution < 1.29 is 9.47 Å². The summed E-state index contributed by atoms with van der Waals surface area (Å²) in [7, 11) is 1.65. The van der Waals surface area contributed by atoms with Gasteiger partial charge in [-0.15, -0.1) is 0 Å². The molecule has 2 aromatic rings. The van der Waals surface area contributed by atoms with Gasteiger partial charge in [-0.2, -0.15) is 0 Å². The lowest BCUT2D eigenvalue weighted by atomic mass is 10.2. The van der Waals surface area contributed by atoms with Gasteiger partial charge < -0.3 is 25.0 Å². The Morgan fingerprint density at radius 1 is 1.17 bits per heavy atom. The van der Waals surface area contributed by atoms with Gasteiger partial charge in [-0.25, -0.2) is 9.98 Å². The fourth-order valence-corrected chi connectivity index (χ4v) is 3.41. The summed E-state index contributed by atoms with van der Waals surface area (Å²) in [6.45, 7) is 8.28. The molecule has 162 valence electrons. The van der Waals surface area contributed by atoms with Crippen LogP contribution >= 0.6 is 0 Å². The molecule has 0 saturated carbocycles. The zero-order valence-corrected chi connectivity index (χ0v) is 18.2. The molecule has 0 radical (unpaired) electrons. The fourth-order valence-electron chi connectivity index (χ4n) is 3.41. The maximum atomic E-state index is 6.02. The second-order valence-electron chi connectivity index (χ2n) is 7.37. The van der Waals surface area contributed by atoms with E-state index in [0.29, 0.717) is 13.1 Å². The van der Waals surface area contributed by atoms with Crippen molar-refractivity contribution in [3.63, 3.8) is 0 Å². The standard InChI is InChI=1S/C23H33N5O2/c1-4-24-23(26-16-18(2)30-21-10-6-5-9-20(21)29-3)27-17-19-11-12-25-22(15-19)28-13-7-8-14-28/h5-6,9-12,15,18H,4,7-8,13-14,16-17H2,1-3H3,(H2,24,26,27). The van der Waals surface area contributed by atoms with Crippen molar-refractivity contribution >= 4 is 11.8 Å². The number of hydrogen-bond donors (Lipinski definition) is 2. The molecule has 0 amide bonds. The molecule has 1 aliphatic heterocycles. The fraction of sp³-hybridized carbons (Fsp3) is 0.478. The van der Waals surface area contributed by atoms with Gasteiger partial charge in [0.25, 0.3) is 0 Å². The summed E-state index contributed by atoms with van der Waals surface area (Å²) in [4.78, 5) is 11.6. The quantitative estimate of drug-likeness (QED) is 0.488. The van der Waals surface area contributed by atoms with Crippen molar-refractivity contribution in [3.05, 3.63) is 48.2 Å². The minimum atomic E-state index is -0.0483. The summed E-state index contributed by atoms with van der Waals surface area (Å²) in [5.74, 6) is 3.29. The second-order valence-corrected chi connectivity index (χ2v) is 7.37. The number of anilines is 1. The number of pyridine rings is 1. The maximum absolute atomic E-state index is 6.02. The number of methoxy groups -OCH3 is 1. The molecule has 1 atom stereocenters. The van der Waals surface area contributed by atoms with Crippen molar-refractivity contribution in [3.8, 4) is 11.5 Å². The molecule has 1 saturated heterocycles. The van der Waals surface area contributed by atoms with Crippen LogP contribution in [0.1, 0.15) is 32.3 Å².